The number of nitrogens with one attached hydrogen (secondary N) is 1. The molecular formula is C18H21BrClNO2. The maximum absolute atomic E-state index is 13.3. The molecule has 1 N–H and O–H groups in total. The lowest BCUT2D eigenvalue weighted by Gasteiger charge is -2.32. The molecule has 1 spiro atoms. The minimum absolute atomic E-state index is 0.156. The first kappa shape index (κ1) is 17.0. The first-order chi connectivity index (χ1) is 10.8. The number of carbonyl (C=O) groups excluding carboxylic acids is 2. The minimum Gasteiger partial charge on any atom is -0.341 e. The van der Waals surface area contributed by atoms with Crippen LogP contribution in [0, 0.1) is 6.92 Å². The van der Waals surface area contributed by atoms with Crippen molar-refractivity contribution in [2.24, 2.45) is 0 Å². The molecule has 23 heavy (non-hydrogen) atoms. The van der Waals surface area contributed by atoms with Gasteiger partial charge in [0.15, 0.2) is 5.78 Å². The lowest BCUT2D eigenvalue weighted by molar-refractivity contribution is -0.127. The summed E-state index contributed by atoms with van der Waals surface area (Å²) in [6.07, 6.45) is 5.14. The normalized spacial score (nSPS) is 26.6. The van der Waals surface area contributed by atoms with Gasteiger partial charge < -0.3 is 5.32 Å². The molecule has 0 aromatic heterocycles. The number of benzene rings is 1. The van der Waals surface area contributed by atoms with Crippen molar-refractivity contribution in [2.75, 3.05) is 0 Å². The van der Waals surface area contributed by atoms with Gasteiger partial charge in [0, 0.05) is 4.47 Å². The Morgan fingerprint density at radius 3 is 2.48 bits per heavy atom. The van der Waals surface area contributed by atoms with E-state index in [1.165, 1.54) is 0 Å². The van der Waals surface area contributed by atoms with Gasteiger partial charge in [0.2, 0.25) is 4.87 Å². The third kappa shape index (κ3) is 2.45. The fourth-order valence-electron chi connectivity index (χ4n) is 4.11. The zero-order chi connectivity index (χ0) is 16.8. The lowest BCUT2D eigenvalue weighted by atomic mass is 9.75. The molecular weight excluding hydrogens is 378 g/mol. The molecule has 1 aliphatic carbocycles. The molecule has 2 fully saturated rings. The van der Waals surface area contributed by atoms with Crippen molar-refractivity contribution >= 4 is 39.2 Å². The Morgan fingerprint density at radius 1 is 1.22 bits per heavy atom. The van der Waals surface area contributed by atoms with Crippen LogP contribution in [0.1, 0.15) is 55.7 Å². The van der Waals surface area contributed by atoms with Gasteiger partial charge in [-0.1, -0.05) is 53.7 Å². The van der Waals surface area contributed by atoms with Gasteiger partial charge in [0.25, 0.3) is 5.91 Å². The van der Waals surface area contributed by atoms with Crippen LogP contribution in [0.4, 0.5) is 0 Å². The SMILES string of the molecule is CCc1cc(Br)cc(C)c1C1(Cl)C(=O)NC2(CCCCC2)C1=O. The van der Waals surface area contributed by atoms with E-state index >= 15 is 0 Å². The molecule has 1 saturated carbocycles. The van der Waals surface area contributed by atoms with Crippen LogP contribution < -0.4 is 5.32 Å². The second-order valence-corrected chi connectivity index (χ2v) is 8.18. The van der Waals surface area contributed by atoms with Gasteiger partial charge in [-0.15, -0.1) is 0 Å². The van der Waals surface area contributed by atoms with E-state index in [2.05, 4.69) is 21.2 Å². The Kier molecular flexibility index (Phi) is 4.35. The van der Waals surface area contributed by atoms with Gasteiger partial charge in [-0.2, -0.15) is 0 Å². The van der Waals surface area contributed by atoms with E-state index in [0.29, 0.717) is 18.4 Å². The van der Waals surface area contributed by atoms with E-state index in [1.54, 1.807) is 0 Å². The van der Waals surface area contributed by atoms with Crippen LogP contribution in [0.15, 0.2) is 16.6 Å². The summed E-state index contributed by atoms with van der Waals surface area (Å²) in [7, 11) is 0. The molecule has 1 atom stereocenters. The molecule has 1 amide bonds. The maximum Gasteiger partial charge on any atom is 0.254 e. The molecule has 1 aliphatic heterocycles. The van der Waals surface area contributed by atoms with Crippen molar-refractivity contribution in [3.8, 4) is 0 Å². The van der Waals surface area contributed by atoms with Crippen LogP contribution in [0.5, 0.6) is 0 Å². The number of hydrogen-bond donors (Lipinski definition) is 1. The van der Waals surface area contributed by atoms with Crippen LogP contribution in [0.25, 0.3) is 0 Å². The standard InChI is InChI=1S/C18H21BrClNO2/c1-3-12-10-13(19)9-11(2)14(12)18(20)15(22)17(21-16(18)23)7-5-4-6-8-17/h9-10H,3-8H2,1-2H3,(H,21,23). The van der Waals surface area contributed by atoms with Crippen molar-refractivity contribution < 1.29 is 9.59 Å². The molecule has 124 valence electrons. The molecule has 1 aromatic carbocycles. The lowest BCUT2D eigenvalue weighted by Crippen LogP contribution is -2.48. The van der Waals surface area contributed by atoms with Crippen molar-refractivity contribution in [1.82, 2.24) is 5.32 Å². The number of carbonyl (C=O) groups is 2. The summed E-state index contributed by atoms with van der Waals surface area (Å²) in [6.45, 7) is 3.93. The molecule has 1 heterocycles. The fraction of sp³-hybridized carbons (Fsp3) is 0.556. The van der Waals surface area contributed by atoms with E-state index < -0.39 is 10.4 Å². The van der Waals surface area contributed by atoms with Gasteiger partial charge in [-0.05, 0) is 55.0 Å². The minimum atomic E-state index is -1.59. The number of amides is 1. The first-order valence-corrected chi connectivity index (χ1v) is 9.38. The number of Topliss-reactive ketones (excluding diaryl/α,β-unsaturated/α-hetero) is 1. The van der Waals surface area contributed by atoms with Crippen LogP contribution in [0.3, 0.4) is 0 Å². The smallest absolute Gasteiger partial charge is 0.254 e. The summed E-state index contributed by atoms with van der Waals surface area (Å²) >= 11 is 10.3. The number of alkyl halides is 1. The van der Waals surface area contributed by atoms with Crippen LogP contribution in [-0.4, -0.2) is 17.2 Å². The van der Waals surface area contributed by atoms with Crippen molar-refractivity contribution in [2.45, 2.75) is 62.8 Å². The van der Waals surface area contributed by atoms with E-state index in [1.807, 2.05) is 26.0 Å². The average Bonchev–Trinajstić information content (AvgIpc) is 2.69. The third-order valence-corrected chi connectivity index (χ3v) is 6.22. The molecule has 0 bridgehead atoms. The number of rotatable bonds is 2. The predicted molar refractivity (Wildman–Crippen MR) is 94.8 cm³/mol. The summed E-state index contributed by atoms with van der Waals surface area (Å²) in [5.74, 6) is -0.511. The second kappa shape index (κ2) is 5.89. The van der Waals surface area contributed by atoms with E-state index in [-0.39, 0.29) is 11.7 Å². The first-order valence-electron chi connectivity index (χ1n) is 8.21. The summed E-state index contributed by atoms with van der Waals surface area (Å²) in [5, 5.41) is 2.97. The predicted octanol–water partition coefficient (Wildman–Crippen LogP) is 4.16. The van der Waals surface area contributed by atoms with E-state index in [9.17, 15) is 9.59 Å². The average molecular weight is 399 g/mol. The quantitative estimate of drug-likeness (QED) is 0.601. The monoisotopic (exact) mass is 397 g/mol. The van der Waals surface area contributed by atoms with Crippen molar-refractivity contribution in [1.29, 1.82) is 0 Å². The molecule has 1 saturated heterocycles. The number of hydrogen-bond acceptors (Lipinski definition) is 2. The molecule has 1 aromatic rings. The van der Waals surface area contributed by atoms with E-state index in [0.717, 1.165) is 41.3 Å². The number of aryl methyl sites for hydroxylation is 2. The second-order valence-electron chi connectivity index (χ2n) is 6.69. The fourth-order valence-corrected chi connectivity index (χ4v) is 5.23. The van der Waals surface area contributed by atoms with Crippen LogP contribution in [-0.2, 0) is 20.9 Å². The zero-order valence-electron chi connectivity index (χ0n) is 13.5. The molecule has 0 radical (unpaired) electrons. The van der Waals surface area contributed by atoms with E-state index in [4.69, 9.17) is 11.6 Å². The third-order valence-electron chi connectivity index (χ3n) is 5.23. The Bertz CT molecular complexity index is 682. The Hall–Kier alpha value is -0.870. The Balaban J connectivity index is 2.15. The van der Waals surface area contributed by atoms with Gasteiger partial charge in [-0.3, -0.25) is 9.59 Å². The number of halogens is 2. The van der Waals surface area contributed by atoms with Gasteiger partial charge in [0.1, 0.15) is 5.54 Å². The Labute approximate surface area is 150 Å². The summed E-state index contributed by atoms with van der Waals surface area (Å²) in [6, 6.07) is 3.88. The Morgan fingerprint density at radius 2 is 1.87 bits per heavy atom. The molecule has 5 heteroatoms. The topological polar surface area (TPSA) is 46.2 Å². The zero-order valence-corrected chi connectivity index (χ0v) is 15.8. The summed E-state index contributed by atoms with van der Waals surface area (Å²) in [4.78, 5) is 24.5. The van der Waals surface area contributed by atoms with Crippen LogP contribution >= 0.6 is 27.5 Å². The highest BCUT2D eigenvalue weighted by Crippen LogP contribution is 2.47. The van der Waals surface area contributed by atoms with Gasteiger partial charge >= 0.3 is 0 Å². The molecule has 2 aliphatic rings. The van der Waals surface area contributed by atoms with Crippen LogP contribution in [0.2, 0.25) is 0 Å². The van der Waals surface area contributed by atoms with Crippen molar-refractivity contribution in [3.63, 3.8) is 0 Å². The summed E-state index contributed by atoms with van der Waals surface area (Å²) < 4.78 is 0.939. The molecule has 1 unspecified atom stereocenters. The highest BCUT2D eigenvalue weighted by molar-refractivity contribution is 9.10. The highest BCUT2D eigenvalue weighted by atomic mass is 79.9. The molecule has 3 rings (SSSR count). The molecule has 3 nitrogen and oxygen atoms in total. The highest BCUT2D eigenvalue weighted by Gasteiger charge is 2.63. The number of ketones is 1. The van der Waals surface area contributed by atoms with Gasteiger partial charge in [0.05, 0.1) is 0 Å². The van der Waals surface area contributed by atoms with Crippen molar-refractivity contribution in [3.05, 3.63) is 33.3 Å². The summed E-state index contributed by atoms with van der Waals surface area (Å²) in [5.41, 5.74) is 1.74. The van der Waals surface area contributed by atoms with Gasteiger partial charge in [-0.25, -0.2) is 0 Å². The largest absolute Gasteiger partial charge is 0.341 e. The maximum atomic E-state index is 13.3.